The third kappa shape index (κ3) is 5.13. The van der Waals surface area contributed by atoms with Crippen molar-refractivity contribution in [3.8, 4) is 0 Å². The summed E-state index contributed by atoms with van der Waals surface area (Å²) in [5.74, 6) is 2.46. The third-order valence-corrected chi connectivity index (χ3v) is 5.44. The molecule has 2 N–H and O–H groups in total. The van der Waals surface area contributed by atoms with Gasteiger partial charge in [-0.2, -0.15) is 5.10 Å². The maximum atomic E-state index is 4.79. The van der Waals surface area contributed by atoms with Gasteiger partial charge in [-0.1, -0.05) is 0 Å². The molecule has 1 aliphatic heterocycles. The molecule has 1 fully saturated rings. The lowest BCUT2D eigenvalue weighted by Crippen LogP contribution is -2.45. The van der Waals surface area contributed by atoms with Gasteiger partial charge in [0, 0.05) is 30.4 Å². The van der Waals surface area contributed by atoms with Gasteiger partial charge < -0.3 is 10.2 Å². The number of hydrogen-bond acceptors (Lipinski definition) is 5. The van der Waals surface area contributed by atoms with Crippen molar-refractivity contribution >= 4 is 41.3 Å². The first-order chi connectivity index (χ1) is 11.7. The van der Waals surface area contributed by atoms with Crippen LogP contribution >= 0.6 is 35.3 Å². The van der Waals surface area contributed by atoms with Crippen LogP contribution in [0.1, 0.15) is 47.1 Å². The van der Waals surface area contributed by atoms with E-state index in [-0.39, 0.29) is 24.0 Å². The number of likely N-dealkylation sites (tertiary alicyclic amines) is 1. The van der Waals surface area contributed by atoms with Crippen LogP contribution in [0, 0.1) is 13.8 Å². The second-order valence-corrected chi connectivity index (χ2v) is 7.34. The maximum absolute atomic E-state index is 4.79. The summed E-state index contributed by atoms with van der Waals surface area (Å²) in [7, 11) is 0. The second kappa shape index (κ2) is 9.46. The predicted molar refractivity (Wildman–Crippen MR) is 112 cm³/mol. The van der Waals surface area contributed by atoms with Gasteiger partial charge in [0.25, 0.3) is 0 Å². The number of thiazole rings is 1. The van der Waals surface area contributed by atoms with E-state index >= 15 is 0 Å². The van der Waals surface area contributed by atoms with Crippen molar-refractivity contribution in [1.82, 2.24) is 30.4 Å². The molecular formula is C16H26IN7S. The van der Waals surface area contributed by atoms with Gasteiger partial charge in [-0.25, -0.2) is 15.0 Å². The van der Waals surface area contributed by atoms with E-state index in [1.54, 1.807) is 17.7 Å². The highest BCUT2D eigenvalue weighted by Crippen LogP contribution is 2.25. The van der Waals surface area contributed by atoms with Crippen LogP contribution in [-0.2, 0) is 6.54 Å². The van der Waals surface area contributed by atoms with Crippen molar-refractivity contribution in [1.29, 1.82) is 0 Å². The van der Waals surface area contributed by atoms with Crippen LogP contribution in [0.15, 0.2) is 11.3 Å². The van der Waals surface area contributed by atoms with Crippen molar-refractivity contribution in [3.05, 3.63) is 27.7 Å². The zero-order valence-electron chi connectivity index (χ0n) is 14.9. The zero-order chi connectivity index (χ0) is 16.9. The molecule has 0 aromatic carbocycles. The number of aliphatic imine (C=N–C) groups is 1. The van der Waals surface area contributed by atoms with E-state index in [0.717, 1.165) is 55.0 Å². The van der Waals surface area contributed by atoms with Crippen molar-refractivity contribution in [2.24, 2.45) is 4.99 Å². The molecule has 138 valence electrons. The molecule has 0 spiro atoms. The van der Waals surface area contributed by atoms with E-state index in [0.29, 0.717) is 12.5 Å². The number of guanidine groups is 1. The number of rotatable bonds is 4. The van der Waals surface area contributed by atoms with Gasteiger partial charge in [-0.3, -0.25) is 5.10 Å². The minimum Gasteiger partial charge on any atom is -0.357 e. The predicted octanol–water partition coefficient (Wildman–Crippen LogP) is 2.84. The summed E-state index contributed by atoms with van der Waals surface area (Å²) >= 11 is 1.74. The lowest BCUT2D eigenvalue weighted by molar-refractivity contribution is 0.299. The van der Waals surface area contributed by atoms with Crippen molar-refractivity contribution in [2.45, 2.75) is 46.1 Å². The standard InChI is InChI=1S/C16H25N7S.HI/c1-4-17-16(18-9-14-21-11(2)12(3)24-14)23-7-5-13(6-8-23)15-19-10-20-22-15;/h10,13H,4-9H2,1-3H3,(H,17,18)(H,19,20,22);1H. The van der Waals surface area contributed by atoms with E-state index in [1.165, 1.54) is 4.88 Å². The van der Waals surface area contributed by atoms with Gasteiger partial charge in [-0.15, -0.1) is 35.3 Å². The van der Waals surface area contributed by atoms with Gasteiger partial charge in [0.2, 0.25) is 0 Å². The van der Waals surface area contributed by atoms with E-state index < -0.39 is 0 Å². The number of hydrogen-bond donors (Lipinski definition) is 2. The van der Waals surface area contributed by atoms with E-state index in [1.807, 2.05) is 0 Å². The van der Waals surface area contributed by atoms with E-state index in [4.69, 9.17) is 4.99 Å². The molecule has 25 heavy (non-hydrogen) atoms. The largest absolute Gasteiger partial charge is 0.357 e. The summed E-state index contributed by atoms with van der Waals surface area (Å²) in [5, 5.41) is 11.5. The Balaban J connectivity index is 0.00000225. The third-order valence-electron chi connectivity index (χ3n) is 4.39. The molecule has 0 radical (unpaired) electrons. The maximum Gasteiger partial charge on any atom is 0.194 e. The molecule has 0 amide bonds. The topological polar surface area (TPSA) is 82.1 Å². The lowest BCUT2D eigenvalue weighted by atomic mass is 9.96. The summed E-state index contributed by atoms with van der Waals surface area (Å²) in [4.78, 5) is 17.3. The Morgan fingerprint density at radius 2 is 2.16 bits per heavy atom. The minimum absolute atomic E-state index is 0. The lowest BCUT2D eigenvalue weighted by Gasteiger charge is -2.33. The normalized spacial score (nSPS) is 16.0. The Labute approximate surface area is 169 Å². The van der Waals surface area contributed by atoms with Crippen LogP contribution < -0.4 is 5.32 Å². The number of piperidine rings is 1. The monoisotopic (exact) mass is 475 g/mol. The Hall–Kier alpha value is -1.23. The summed E-state index contributed by atoms with van der Waals surface area (Å²) in [6, 6.07) is 0. The summed E-state index contributed by atoms with van der Waals surface area (Å²) in [6.45, 7) is 9.74. The average molecular weight is 475 g/mol. The van der Waals surface area contributed by atoms with Gasteiger partial charge in [0.1, 0.15) is 17.2 Å². The molecule has 7 nitrogen and oxygen atoms in total. The quantitative estimate of drug-likeness (QED) is 0.404. The number of aryl methyl sites for hydroxylation is 2. The molecule has 0 saturated carbocycles. The smallest absolute Gasteiger partial charge is 0.194 e. The van der Waals surface area contributed by atoms with Gasteiger partial charge in [0.05, 0.1) is 12.2 Å². The fraction of sp³-hybridized carbons (Fsp3) is 0.625. The van der Waals surface area contributed by atoms with E-state index in [2.05, 4.69) is 51.2 Å². The van der Waals surface area contributed by atoms with Gasteiger partial charge in [-0.05, 0) is 33.6 Å². The van der Waals surface area contributed by atoms with Crippen molar-refractivity contribution in [3.63, 3.8) is 0 Å². The Morgan fingerprint density at radius 3 is 2.72 bits per heavy atom. The molecule has 3 rings (SSSR count). The Bertz CT molecular complexity index is 655. The van der Waals surface area contributed by atoms with Crippen LogP contribution in [0.25, 0.3) is 0 Å². The molecule has 2 aromatic rings. The van der Waals surface area contributed by atoms with Gasteiger partial charge in [0.15, 0.2) is 5.96 Å². The fourth-order valence-electron chi connectivity index (χ4n) is 2.95. The minimum atomic E-state index is 0. The molecule has 2 aromatic heterocycles. The van der Waals surface area contributed by atoms with Crippen LogP contribution in [0.3, 0.4) is 0 Å². The molecule has 0 aliphatic carbocycles. The van der Waals surface area contributed by atoms with Gasteiger partial charge >= 0.3 is 0 Å². The molecule has 0 unspecified atom stereocenters. The van der Waals surface area contributed by atoms with Crippen LogP contribution in [-0.4, -0.2) is 50.7 Å². The van der Waals surface area contributed by atoms with E-state index in [9.17, 15) is 0 Å². The number of nitrogens with one attached hydrogen (secondary N) is 2. The molecule has 0 atom stereocenters. The highest BCUT2D eigenvalue weighted by molar-refractivity contribution is 14.0. The fourth-order valence-corrected chi connectivity index (χ4v) is 3.81. The molecule has 0 bridgehead atoms. The van der Waals surface area contributed by atoms with Crippen molar-refractivity contribution < 1.29 is 0 Å². The summed E-state index contributed by atoms with van der Waals surface area (Å²) in [5.41, 5.74) is 1.11. The number of nitrogens with zero attached hydrogens (tertiary/aromatic N) is 5. The summed E-state index contributed by atoms with van der Waals surface area (Å²) < 4.78 is 0. The second-order valence-electron chi connectivity index (χ2n) is 6.05. The first-order valence-corrected chi connectivity index (χ1v) is 9.30. The summed E-state index contributed by atoms with van der Waals surface area (Å²) in [6.07, 6.45) is 3.72. The molecular weight excluding hydrogens is 449 g/mol. The Morgan fingerprint density at radius 1 is 1.40 bits per heavy atom. The average Bonchev–Trinajstić information content (AvgIpc) is 3.22. The van der Waals surface area contributed by atoms with Crippen LogP contribution in [0.5, 0.6) is 0 Å². The first kappa shape index (κ1) is 20.1. The highest BCUT2D eigenvalue weighted by Gasteiger charge is 2.24. The molecule has 3 heterocycles. The zero-order valence-corrected chi connectivity index (χ0v) is 18.1. The molecule has 1 aliphatic rings. The molecule has 1 saturated heterocycles. The number of aromatic nitrogens is 4. The number of H-pyrrole nitrogens is 1. The first-order valence-electron chi connectivity index (χ1n) is 8.48. The SMILES string of the molecule is CCNC(=NCc1nc(C)c(C)s1)N1CCC(c2ncn[nH]2)CC1.I. The Kier molecular flexibility index (Phi) is 7.60. The molecule has 9 heteroatoms. The highest BCUT2D eigenvalue weighted by atomic mass is 127. The van der Waals surface area contributed by atoms with Crippen LogP contribution in [0.2, 0.25) is 0 Å². The van der Waals surface area contributed by atoms with Crippen molar-refractivity contribution in [2.75, 3.05) is 19.6 Å². The van der Waals surface area contributed by atoms with Crippen LogP contribution in [0.4, 0.5) is 0 Å². The number of halogens is 1. The number of aromatic amines is 1.